The minimum Gasteiger partial charge on any atom is -0.392 e. The Morgan fingerprint density at radius 3 is 2.83 bits per heavy atom. The molecule has 1 aliphatic rings. The van der Waals surface area contributed by atoms with Crippen molar-refractivity contribution in [3.05, 3.63) is 22.3 Å². The van der Waals surface area contributed by atoms with Crippen LogP contribution in [0, 0.1) is 5.92 Å². The van der Waals surface area contributed by atoms with Crippen molar-refractivity contribution in [1.29, 1.82) is 0 Å². The average Bonchev–Trinajstić information content (AvgIpc) is 2.40. The van der Waals surface area contributed by atoms with Crippen LogP contribution >= 0.6 is 15.9 Å². The second-order valence-electron chi connectivity index (χ2n) is 4.68. The molecule has 5 heteroatoms. The van der Waals surface area contributed by atoms with Crippen LogP contribution in [0.15, 0.2) is 16.7 Å². The highest BCUT2D eigenvalue weighted by Crippen LogP contribution is 2.26. The van der Waals surface area contributed by atoms with Gasteiger partial charge in [0.15, 0.2) is 0 Å². The Labute approximate surface area is 116 Å². The molecule has 1 fully saturated rings. The first-order valence-electron chi connectivity index (χ1n) is 6.23. The molecule has 1 aromatic rings. The number of aromatic nitrogens is 1. The van der Waals surface area contributed by atoms with E-state index in [-0.39, 0.29) is 6.61 Å². The molecule has 0 radical (unpaired) electrons. The number of rotatable bonds is 4. The van der Waals surface area contributed by atoms with Crippen LogP contribution in [0.25, 0.3) is 0 Å². The molecule has 0 saturated carbocycles. The zero-order valence-electron chi connectivity index (χ0n) is 10.6. The van der Waals surface area contributed by atoms with Gasteiger partial charge in [-0.05, 0) is 40.8 Å². The van der Waals surface area contributed by atoms with E-state index in [2.05, 4.69) is 25.8 Å². The number of pyridine rings is 1. The maximum Gasteiger partial charge on any atom is 0.134 e. The monoisotopic (exact) mass is 314 g/mol. The summed E-state index contributed by atoms with van der Waals surface area (Å²) in [6.07, 6.45) is 4.03. The maximum absolute atomic E-state index is 9.40. The van der Waals surface area contributed by atoms with E-state index >= 15 is 0 Å². The highest BCUT2D eigenvalue weighted by Gasteiger charge is 2.21. The van der Waals surface area contributed by atoms with Gasteiger partial charge in [-0.2, -0.15) is 0 Å². The van der Waals surface area contributed by atoms with E-state index in [1.807, 2.05) is 6.07 Å². The second-order valence-corrected chi connectivity index (χ2v) is 5.60. The summed E-state index contributed by atoms with van der Waals surface area (Å²) in [6, 6.07) is 1.93. The Morgan fingerprint density at radius 2 is 2.22 bits per heavy atom. The van der Waals surface area contributed by atoms with Crippen LogP contribution in [0.4, 0.5) is 5.82 Å². The van der Waals surface area contributed by atoms with Crippen molar-refractivity contribution >= 4 is 21.7 Å². The van der Waals surface area contributed by atoms with Crippen LogP contribution in [0.2, 0.25) is 0 Å². The van der Waals surface area contributed by atoms with Crippen molar-refractivity contribution in [3.8, 4) is 0 Å². The maximum atomic E-state index is 9.40. The average molecular weight is 315 g/mol. The van der Waals surface area contributed by atoms with Gasteiger partial charge in [-0.25, -0.2) is 4.98 Å². The van der Waals surface area contributed by atoms with Gasteiger partial charge >= 0.3 is 0 Å². The smallest absolute Gasteiger partial charge is 0.134 e. The molecular formula is C13H19BrN2O2. The summed E-state index contributed by atoms with van der Waals surface area (Å²) in [5, 5.41) is 9.40. The van der Waals surface area contributed by atoms with E-state index in [1.165, 1.54) is 0 Å². The van der Waals surface area contributed by atoms with Crippen LogP contribution in [0.5, 0.6) is 0 Å². The summed E-state index contributed by atoms with van der Waals surface area (Å²) in [5.41, 5.74) is 0.884. The predicted octanol–water partition coefficient (Wildman–Crippen LogP) is 2.20. The number of halogens is 1. The van der Waals surface area contributed by atoms with Gasteiger partial charge in [0.05, 0.1) is 6.61 Å². The third kappa shape index (κ3) is 3.22. The molecule has 100 valence electrons. The minimum atomic E-state index is 0.0276. The molecule has 1 aromatic heterocycles. The van der Waals surface area contributed by atoms with Crippen molar-refractivity contribution in [3.63, 3.8) is 0 Å². The van der Waals surface area contributed by atoms with Crippen molar-refractivity contribution in [2.75, 3.05) is 31.7 Å². The molecule has 0 aromatic carbocycles. The number of hydrogen-bond donors (Lipinski definition) is 1. The van der Waals surface area contributed by atoms with Crippen molar-refractivity contribution < 1.29 is 9.84 Å². The first-order chi connectivity index (χ1) is 8.74. The standard InChI is InChI=1S/C13H19BrN2O2/c1-18-9-10-2-4-16(5-3-10)13-11(8-17)6-12(14)7-15-13/h6-7,10,17H,2-5,8-9H2,1H3. The largest absolute Gasteiger partial charge is 0.392 e. The topological polar surface area (TPSA) is 45.6 Å². The molecule has 1 N–H and O–H groups in total. The molecule has 2 heterocycles. The molecule has 0 bridgehead atoms. The van der Waals surface area contributed by atoms with Crippen LogP contribution in [0.1, 0.15) is 18.4 Å². The number of ether oxygens (including phenoxy) is 1. The Balaban J connectivity index is 2.05. The summed E-state index contributed by atoms with van der Waals surface area (Å²) in [7, 11) is 1.76. The van der Waals surface area contributed by atoms with Gasteiger partial charge in [-0.3, -0.25) is 0 Å². The summed E-state index contributed by atoms with van der Waals surface area (Å²) >= 11 is 3.38. The Bertz CT molecular complexity index is 393. The number of aliphatic hydroxyl groups excluding tert-OH is 1. The third-order valence-corrected chi connectivity index (χ3v) is 3.83. The Morgan fingerprint density at radius 1 is 1.50 bits per heavy atom. The quantitative estimate of drug-likeness (QED) is 0.925. The molecule has 0 atom stereocenters. The first kappa shape index (κ1) is 13.8. The lowest BCUT2D eigenvalue weighted by molar-refractivity contribution is 0.139. The lowest BCUT2D eigenvalue weighted by atomic mass is 9.97. The molecule has 1 saturated heterocycles. The zero-order valence-corrected chi connectivity index (χ0v) is 12.2. The predicted molar refractivity (Wildman–Crippen MR) is 74.7 cm³/mol. The molecule has 4 nitrogen and oxygen atoms in total. The lowest BCUT2D eigenvalue weighted by Crippen LogP contribution is -2.36. The van der Waals surface area contributed by atoms with Crippen molar-refractivity contribution in [2.24, 2.45) is 5.92 Å². The summed E-state index contributed by atoms with van der Waals surface area (Å²) in [4.78, 5) is 6.69. The number of nitrogens with zero attached hydrogens (tertiary/aromatic N) is 2. The van der Waals surface area contributed by atoms with Gasteiger partial charge in [0.1, 0.15) is 5.82 Å². The zero-order chi connectivity index (χ0) is 13.0. The molecule has 18 heavy (non-hydrogen) atoms. The van der Waals surface area contributed by atoms with Crippen LogP contribution in [-0.2, 0) is 11.3 Å². The van der Waals surface area contributed by atoms with Crippen LogP contribution in [-0.4, -0.2) is 36.9 Å². The second kappa shape index (κ2) is 6.50. The highest BCUT2D eigenvalue weighted by atomic mass is 79.9. The highest BCUT2D eigenvalue weighted by molar-refractivity contribution is 9.10. The van der Waals surface area contributed by atoms with E-state index in [0.29, 0.717) is 5.92 Å². The normalized spacial score (nSPS) is 17.2. The van der Waals surface area contributed by atoms with E-state index in [1.54, 1.807) is 13.3 Å². The molecule has 0 amide bonds. The summed E-state index contributed by atoms with van der Waals surface area (Å²) in [6.45, 7) is 2.83. The van der Waals surface area contributed by atoms with E-state index < -0.39 is 0 Å². The summed E-state index contributed by atoms with van der Waals surface area (Å²) in [5.74, 6) is 1.57. The molecular weight excluding hydrogens is 296 g/mol. The van der Waals surface area contributed by atoms with E-state index in [4.69, 9.17) is 4.74 Å². The number of anilines is 1. The molecule has 0 unspecified atom stereocenters. The fraction of sp³-hybridized carbons (Fsp3) is 0.615. The lowest BCUT2D eigenvalue weighted by Gasteiger charge is -2.33. The van der Waals surface area contributed by atoms with Gasteiger partial charge in [-0.15, -0.1) is 0 Å². The number of aliphatic hydroxyl groups is 1. The Hall–Kier alpha value is -0.650. The van der Waals surface area contributed by atoms with Crippen molar-refractivity contribution in [2.45, 2.75) is 19.4 Å². The van der Waals surface area contributed by atoms with Gasteiger partial charge in [0, 0.05) is 43.0 Å². The Kier molecular flexibility index (Phi) is 4.97. The fourth-order valence-corrected chi connectivity index (χ4v) is 2.80. The summed E-state index contributed by atoms with van der Waals surface area (Å²) < 4.78 is 6.11. The number of piperidine rings is 1. The molecule has 2 rings (SSSR count). The van der Waals surface area contributed by atoms with Crippen LogP contribution in [0.3, 0.4) is 0 Å². The van der Waals surface area contributed by atoms with Gasteiger partial charge in [0.2, 0.25) is 0 Å². The van der Waals surface area contributed by atoms with E-state index in [0.717, 1.165) is 48.4 Å². The first-order valence-corrected chi connectivity index (χ1v) is 7.03. The fourth-order valence-electron chi connectivity index (χ4n) is 2.42. The number of methoxy groups -OCH3 is 1. The SMILES string of the molecule is COCC1CCN(c2ncc(Br)cc2CO)CC1. The third-order valence-electron chi connectivity index (χ3n) is 3.40. The number of hydrogen-bond acceptors (Lipinski definition) is 4. The van der Waals surface area contributed by atoms with Crippen molar-refractivity contribution in [1.82, 2.24) is 4.98 Å². The van der Waals surface area contributed by atoms with E-state index in [9.17, 15) is 5.11 Å². The molecule has 0 aliphatic carbocycles. The van der Waals surface area contributed by atoms with Gasteiger partial charge < -0.3 is 14.7 Å². The van der Waals surface area contributed by atoms with Crippen LogP contribution < -0.4 is 4.90 Å². The minimum absolute atomic E-state index is 0.0276. The molecule has 1 aliphatic heterocycles. The molecule has 0 spiro atoms. The van der Waals surface area contributed by atoms with Gasteiger partial charge in [0.25, 0.3) is 0 Å². The van der Waals surface area contributed by atoms with Gasteiger partial charge in [-0.1, -0.05) is 0 Å².